The lowest BCUT2D eigenvalue weighted by Crippen LogP contribution is -2.48. The standard InChI is InChI=1S/C23H26N2O5S/c1-23(2,3)15-9-11-16(12-10-15)24-20(26)19(13-14-31(4,29)30)25-21(27)17-7-5-6-8-18(17)22(25)28/h5-12,19H,13-14H2,1-4H3,(H,24,26)/t19-/m1/s1. The van der Waals surface area contributed by atoms with Crippen LogP contribution in [0.25, 0.3) is 0 Å². The lowest BCUT2D eigenvalue weighted by molar-refractivity contribution is -0.120. The highest BCUT2D eigenvalue weighted by Gasteiger charge is 2.42. The number of amides is 3. The van der Waals surface area contributed by atoms with Crippen LogP contribution in [-0.2, 0) is 20.0 Å². The second-order valence-corrected chi connectivity index (χ2v) is 11.0. The molecule has 1 heterocycles. The van der Waals surface area contributed by atoms with E-state index in [1.165, 1.54) is 12.1 Å². The molecule has 164 valence electrons. The largest absolute Gasteiger partial charge is 0.324 e. The number of hydrogen-bond acceptors (Lipinski definition) is 5. The average Bonchev–Trinajstić information content (AvgIpc) is 2.92. The van der Waals surface area contributed by atoms with Gasteiger partial charge in [0.25, 0.3) is 11.8 Å². The van der Waals surface area contributed by atoms with E-state index in [4.69, 9.17) is 0 Å². The predicted molar refractivity (Wildman–Crippen MR) is 119 cm³/mol. The van der Waals surface area contributed by atoms with Crippen molar-refractivity contribution in [3.8, 4) is 0 Å². The molecule has 0 aromatic heterocycles. The molecule has 2 aromatic rings. The number of hydrogen-bond donors (Lipinski definition) is 1. The zero-order valence-electron chi connectivity index (χ0n) is 18.0. The number of nitrogens with one attached hydrogen (secondary N) is 1. The number of imide groups is 1. The van der Waals surface area contributed by atoms with E-state index in [9.17, 15) is 22.8 Å². The maximum absolute atomic E-state index is 13.1. The molecule has 2 aromatic carbocycles. The molecular weight excluding hydrogens is 416 g/mol. The summed E-state index contributed by atoms with van der Waals surface area (Å²) >= 11 is 0. The topological polar surface area (TPSA) is 101 Å². The summed E-state index contributed by atoms with van der Waals surface area (Å²) in [6, 6.07) is 12.3. The van der Waals surface area contributed by atoms with Crippen molar-refractivity contribution in [1.82, 2.24) is 4.90 Å². The summed E-state index contributed by atoms with van der Waals surface area (Å²) in [5.74, 6) is -2.14. The van der Waals surface area contributed by atoms with Gasteiger partial charge in [-0.05, 0) is 41.7 Å². The number of anilines is 1. The van der Waals surface area contributed by atoms with Crippen LogP contribution in [-0.4, -0.2) is 49.1 Å². The van der Waals surface area contributed by atoms with Crippen molar-refractivity contribution >= 4 is 33.2 Å². The highest BCUT2D eigenvalue weighted by atomic mass is 32.2. The molecule has 3 amide bonds. The highest BCUT2D eigenvalue weighted by molar-refractivity contribution is 7.90. The summed E-state index contributed by atoms with van der Waals surface area (Å²) in [5.41, 5.74) is 1.94. The quantitative estimate of drug-likeness (QED) is 0.693. The van der Waals surface area contributed by atoms with Gasteiger partial charge in [0.15, 0.2) is 0 Å². The van der Waals surface area contributed by atoms with E-state index in [1.54, 1.807) is 24.3 Å². The molecular formula is C23H26N2O5S. The third-order valence-electron chi connectivity index (χ3n) is 5.22. The first-order valence-electron chi connectivity index (χ1n) is 9.94. The van der Waals surface area contributed by atoms with Crippen molar-refractivity contribution in [3.63, 3.8) is 0 Å². The molecule has 0 radical (unpaired) electrons. The predicted octanol–water partition coefficient (Wildman–Crippen LogP) is 3.02. The molecule has 1 aliphatic rings. The van der Waals surface area contributed by atoms with Gasteiger partial charge in [0, 0.05) is 11.9 Å². The minimum atomic E-state index is -3.41. The third-order valence-corrected chi connectivity index (χ3v) is 6.20. The summed E-state index contributed by atoms with van der Waals surface area (Å²) in [5, 5.41) is 2.72. The Morgan fingerprint density at radius 1 is 0.968 bits per heavy atom. The molecule has 1 N–H and O–H groups in total. The van der Waals surface area contributed by atoms with Crippen LogP contribution < -0.4 is 5.32 Å². The van der Waals surface area contributed by atoms with E-state index in [-0.39, 0.29) is 28.7 Å². The Labute approximate surface area is 182 Å². The number of sulfone groups is 1. The van der Waals surface area contributed by atoms with E-state index >= 15 is 0 Å². The van der Waals surface area contributed by atoms with Crippen LogP contribution in [0.3, 0.4) is 0 Å². The molecule has 7 nitrogen and oxygen atoms in total. The van der Waals surface area contributed by atoms with E-state index in [0.717, 1.165) is 16.7 Å². The van der Waals surface area contributed by atoms with Gasteiger partial charge in [-0.15, -0.1) is 0 Å². The Morgan fingerprint density at radius 2 is 1.48 bits per heavy atom. The summed E-state index contributed by atoms with van der Waals surface area (Å²) in [4.78, 5) is 39.7. The number of nitrogens with zero attached hydrogens (tertiary/aromatic N) is 1. The van der Waals surface area contributed by atoms with E-state index in [0.29, 0.717) is 5.69 Å². The molecule has 0 saturated heterocycles. The van der Waals surface area contributed by atoms with Gasteiger partial charge in [0.05, 0.1) is 16.9 Å². The number of rotatable bonds is 6. The Kier molecular flexibility index (Phi) is 6.04. The molecule has 3 rings (SSSR count). The molecule has 1 atom stereocenters. The van der Waals surface area contributed by atoms with Gasteiger partial charge >= 0.3 is 0 Å². The second kappa shape index (κ2) is 8.26. The molecule has 8 heteroatoms. The fraction of sp³-hybridized carbons (Fsp3) is 0.348. The Hall–Kier alpha value is -3.00. The monoisotopic (exact) mass is 442 g/mol. The Morgan fingerprint density at radius 3 is 1.94 bits per heavy atom. The molecule has 0 bridgehead atoms. The van der Waals surface area contributed by atoms with Crippen molar-refractivity contribution < 1.29 is 22.8 Å². The molecule has 0 saturated carbocycles. The van der Waals surface area contributed by atoms with Crippen molar-refractivity contribution in [2.24, 2.45) is 0 Å². The van der Waals surface area contributed by atoms with Crippen LogP contribution in [0, 0.1) is 0 Å². The Balaban J connectivity index is 1.88. The van der Waals surface area contributed by atoms with Crippen molar-refractivity contribution in [1.29, 1.82) is 0 Å². The van der Waals surface area contributed by atoms with Crippen molar-refractivity contribution in [2.45, 2.75) is 38.6 Å². The van der Waals surface area contributed by atoms with Crippen LogP contribution >= 0.6 is 0 Å². The first kappa shape index (κ1) is 22.7. The molecule has 0 spiro atoms. The molecule has 0 unspecified atom stereocenters. The Bertz CT molecular complexity index is 1100. The molecule has 0 fully saturated rings. The van der Waals surface area contributed by atoms with Gasteiger partial charge in [-0.1, -0.05) is 45.0 Å². The van der Waals surface area contributed by atoms with Gasteiger partial charge < -0.3 is 5.32 Å². The fourth-order valence-corrected chi connectivity index (χ4v) is 4.12. The van der Waals surface area contributed by atoms with E-state index in [2.05, 4.69) is 26.1 Å². The normalized spacial score (nSPS) is 15.0. The average molecular weight is 443 g/mol. The zero-order chi connectivity index (χ0) is 23.0. The summed E-state index contributed by atoms with van der Waals surface area (Å²) < 4.78 is 23.4. The minimum Gasteiger partial charge on any atom is -0.324 e. The van der Waals surface area contributed by atoms with Gasteiger partial charge in [-0.2, -0.15) is 0 Å². The summed E-state index contributed by atoms with van der Waals surface area (Å²) in [7, 11) is -3.41. The van der Waals surface area contributed by atoms with E-state index in [1.807, 2.05) is 12.1 Å². The SMILES string of the molecule is CC(C)(C)c1ccc(NC(=O)[C@@H](CCS(C)(=O)=O)N2C(=O)c3ccccc3C2=O)cc1. The second-order valence-electron chi connectivity index (χ2n) is 8.78. The third kappa shape index (κ3) is 5.02. The van der Waals surface area contributed by atoms with Crippen LogP contribution in [0.2, 0.25) is 0 Å². The number of carbonyl (C=O) groups is 3. The first-order chi connectivity index (χ1) is 14.4. The highest BCUT2D eigenvalue weighted by Crippen LogP contribution is 2.27. The van der Waals surface area contributed by atoms with Gasteiger partial charge in [-0.3, -0.25) is 19.3 Å². The lowest BCUT2D eigenvalue weighted by atomic mass is 9.87. The van der Waals surface area contributed by atoms with Crippen molar-refractivity contribution in [2.75, 3.05) is 17.3 Å². The number of fused-ring (bicyclic) bond motifs is 1. The minimum absolute atomic E-state index is 0.0548. The maximum Gasteiger partial charge on any atom is 0.262 e. The lowest BCUT2D eigenvalue weighted by Gasteiger charge is -2.25. The van der Waals surface area contributed by atoms with Crippen LogP contribution in [0.4, 0.5) is 5.69 Å². The first-order valence-corrected chi connectivity index (χ1v) is 12.0. The fourth-order valence-electron chi connectivity index (χ4n) is 3.47. The number of benzene rings is 2. The molecule has 1 aliphatic heterocycles. The summed E-state index contributed by atoms with van der Waals surface area (Å²) in [6.07, 6.45) is 0.867. The zero-order valence-corrected chi connectivity index (χ0v) is 18.8. The van der Waals surface area contributed by atoms with E-state index < -0.39 is 33.6 Å². The smallest absolute Gasteiger partial charge is 0.262 e. The van der Waals surface area contributed by atoms with Crippen molar-refractivity contribution in [3.05, 3.63) is 65.2 Å². The van der Waals surface area contributed by atoms with Crippen LogP contribution in [0.5, 0.6) is 0 Å². The van der Waals surface area contributed by atoms with Gasteiger partial charge in [0.2, 0.25) is 5.91 Å². The molecule has 31 heavy (non-hydrogen) atoms. The van der Waals surface area contributed by atoms with Gasteiger partial charge in [-0.25, -0.2) is 8.42 Å². The maximum atomic E-state index is 13.1. The van der Waals surface area contributed by atoms with Gasteiger partial charge in [0.1, 0.15) is 15.9 Å². The van der Waals surface area contributed by atoms with Crippen LogP contribution in [0.1, 0.15) is 53.5 Å². The van der Waals surface area contributed by atoms with Crippen LogP contribution in [0.15, 0.2) is 48.5 Å². The summed E-state index contributed by atoms with van der Waals surface area (Å²) in [6.45, 7) is 6.22. The molecule has 0 aliphatic carbocycles. The number of carbonyl (C=O) groups excluding carboxylic acids is 3.